The van der Waals surface area contributed by atoms with Gasteiger partial charge in [0.1, 0.15) is 0 Å². The molecule has 0 aromatic heterocycles. The molecule has 2 nitrogen and oxygen atoms in total. The van der Waals surface area contributed by atoms with Crippen molar-refractivity contribution < 1.29 is 5.11 Å². The van der Waals surface area contributed by atoms with Crippen LogP contribution in [0.15, 0.2) is 0 Å². The Morgan fingerprint density at radius 3 is 2.89 bits per heavy atom. The number of aliphatic hydroxyl groups is 1. The Morgan fingerprint density at radius 1 is 1.67 bits per heavy atom. The van der Waals surface area contributed by atoms with Crippen LogP contribution in [0.25, 0.3) is 0 Å². The lowest BCUT2D eigenvalue weighted by Gasteiger charge is -2.20. The van der Waals surface area contributed by atoms with E-state index in [9.17, 15) is 0 Å². The van der Waals surface area contributed by atoms with Gasteiger partial charge in [-0.3, -0.25) is 0 Å². The van der Waals surface area contributed by atoms with E-state index in [1.807, 2.05) is 0 Å². The van der Waals surface area contributed by atoms with Crippen LogP contribution in [0, 0.1) is 17.2 Å². The average molecular weight is 143 g/mol. The highest BCUT2D eigenvalue weighted by molar-refractivity contribution is 7.99. The van der Waals surface area contributed by atoms with Crippen LogP contribution in [0.1, 0.15) is 6.42 Å². The lowest BCUT2D eigenvalue weighted by atomic mass is 10.0. The van der Waals surface area contributed by atoms with Crippen LogP contribution in [-0.2, 0) is 0 Å². The third-order valence-electron chi connectivity index (χ3n) is 1.49. The number of nitrogens with zero attached hydrogens (tertiary/aromatic N) is 1. The highest BCUT2D eigenvalue weighted by atomic mass is 32.2. The molecule has 50 valence electrons. The number of rotatable bonds is 0. The first-order valence-corrected chi connectivity index (χ1v) is 4.15. The Labute approximate surface area is 58.9 Å². The maximum Gasteiger partial charge on any atom is 0.0813 e. The van der Waals surface area contributed by atoms with Crippen molar-refractivity contribution in [3.05, 3.63) is 0 Å². The van der Waals surface area contributed by atoms with Crippen molar-refractivity contribution in [3.8, 4) is 6.07 Å². The van der Waals surface area contributed by atoms with Crippen molar-refractivity contribution in [2.75, 3.05) is 11.5 Å². The fraction of sp³-hybridized carbons (Fsp3) is 0.833. The minimum Gasteiger partial charge on any atom is -0.392 e. The summed E-state index contributed by atoms with van der Waals surface area (Å²) < 4.78 is 0. The van der Waals surface area contributed by atoms with Gasteiger partial charge in [-0.15, -0.1) is 0 Å². The second kappa shape index (κ2) is 3.09. The fourth-order valence-corrected chi connectivity index (χ4v) is 1.98. The normalized spacial score (nSPS) is 35.6. The van der Waals surface area contributed by atoms with Crippen LogP contribution < -0.4 is 0 Å². The molecule has 9 heavy (non-hydrogen) atoms. The van der Waals surface area contributed by atoms with Crippen molar-refractivity contribution in [2.24, 2.45) is 5.92 Å². The molecule has 1 aliphatic heterocycles. The lowest BCUT2D eigenvalue weighted by Crippen LogP contribution is -2.25. The van der Waals surface area contributed by atoms with Crippen LogP contribution >= 0.6 is 11.8 Å². The van der Waals surface area contributed by atoms with Gasteiger partial charge in [-0.2, -0.15) is 17.0 Å². The third kappa shape index (κ3) is 1.60. The molecule has 0 aromatic carbocycles. The van der Waals surface area contributed by atoms with Gasteiger partial charge in [-0.05, 0) is 12.2 Å². The molecule has 2 unspecified atom stereocenters. The summed E-state index contributed by atoms with van der Waals surface area (Å²) >= 11 is 1.75. The minimum atomic E-state index is -0.365. The number of thioether (sulfide) groups is 1. The molecule has 0 aromatic rings. The van der Waals surface area contributed by atoms with Gasteiger partial charge in [0.15, 0.2) is 0 Å². The summed E-state index contributed by atoms with van der Waals surface area (Å²) in [7, 11) is 0. The van der Waals surface area contributed by atoms with Gasteiger partial charge in [0.05, 0.1) is 18.1 Å². The van der Waals surface area contributed by atoms with E-state index in [2.05, 4.69) is 6.07 Å². The second-order valence-corrected chi connectivity index (χ2v) is 3.32. The molecular formula is C6H9NOS. The van der Waals surface area contributed by atoms with E-state index in [1.54, 1.807) is 11.8 Å². The van der Waals surface area contributed by atoms with Crippen molar-refractivity contribution in [2.45, 2.75) is 12.5 Å². The average Bonchev–Trinajstić information content (AvgIpc) is 1.89. The number of hydrogen-bond acceptors (Lipinski definition) is 3. The predicted molar refractivity (Wildman–Crippen MR) is 37.1 cm³/mol. The summed E-state index contributed by atoms with van der Waals surface area (Å²) in [5.41, 5.74) is 0. The fourth-order valence-electron chi connectivity index (χ4n) is 0.850. The first-order valence-electron chi connectivity index (χ1n) is 3.00. The topological polar surface area (TPSA) is 44.0 Å². The standard InChI is InChI=1S/C6H9NOS/c7-3-5-4-9-2-1-6(5)8/h5-6,8H,1-2,4H2. The van der Waals surface area contributed by atoms with E-state index < -0.39 is 0 Å². The zero-order valence-electron chi connectivity index (χ0n) is 5.08. The molecule has 0 saturated carbocycles. The van der Waals surface area contributed by atoms with Crippen LogP contribution in [0.4, 0.5) is 0 Å². The largest absolute Gasteiger partial charge is 0.392 e. The monoisotopic (exact) mass is 143 g/mol. The SMILES string of the molecule is N#CC1CSCCC1O. The highest BCUT2D eigenvalue weighted by Crippen LogP contribution is 2.21. The number of hydrogen-bond donors (Lipinski definition) is 1. The Kier molecular flexibility index (Phi) is 2.38. The van der Waals surface area contributed by atoms with Gasteiger partial charge in [0.2, 0.25) is 0 Å². The molecule has 1 rings (SSSR count). The van der Waals surface area contributed by atoms with E-state index in [1.165, 1.54) is 0 Å². The summed E-state index contributed by atoms with van der Waals surface area (Å²) in [5, 5.41) is 17.6. The molecule has 0 radical (unpaired) electrons. The van der Waals surface area contributed by atoms with Gasteiger partial charge >= 0.3 is 0 Å². The van der Waals surface area contributed by atoms with Crippen molar-refractivity contribution in [3.63, 3.8) is 0 Å². The van der Waals surface area contributed by atoms with Crippen LogP contribution in [0.2, 0.25) is 0 Å². The quantitative estimate of drug-likeness (QED) is 0.540. The van der Waals surface area contributed by atoms with Crippen molar-refractivity contribution in [1.82, 2.24) is 0 Å². The lowest BCUT2D eigenvalue weighted by molar-refractivity contribution is 0.136. The molecule has 3 heteroatoms. The van der Waals surface area contributed by atoms with Gasteiger partial charge in [0.25, 0.3) is 0 Å². The van der Waals surface area contributed by atoms with Gasteiger partial charge in [-0.25, -0.2) is 0 Å². The van der Waals surface area contributed by atoms with Gasteiger partial charge in [0, 0.05) is 5.75 Å². The third-order valence-corrected chi connectivity index (χ3v) is 2.60. The van der Waals surface area contributed by atoms with E-state index in [0.717, 1.165) is 17.9 Å². The smallest absolute Gasteiger partial charge is 0.0813 e. The maximum atomic E-state index is 9.13. The van der Waals surface area contributed by atoms with Crippen molar-refractivity contribution >= 4 is 11.8 Å². The molecule has 0 bridgehead atoms. The Bertz CT molecular complexity index is 132. The van der Waals surface area contributed by atoms with E-state index >= 15 is 0 Å². The molecule has 1 fully saturated rings. The molecular weight excluding hydrogens is 134 g/mol. The summed E-state index contributed by atoms with van der Waals surface area (Å²) in [6.07, 6.45) is 0.416. The maximum absolute atomic E-state index is 9.13. The second-order valence-electron chi connectivity index (χ2n) is 2.17. The van der Waals surface area contributed by atoms with Crippen LogP contribution in [-0.4, -0.2) is 22.7 Å². The molecule has 1 aliphatic rings. The highest BCUT2D eigenvalue weighted by Gasteiger charge is 2.22. The Hall–Kier alpha value is -0.200. The molecule has 1 heterocycles. The molecule has 1 saturated heterocycles. The number of nitriles is 1. The molecule has 0 aliphatic carbocycles. The first-order chi connectivity index (χ1) is 4.34. The first kappa shape index (κ1) is 6.91. The molecule has 0 amide bonds. The van der Waals surface area contributed by atoms with E-state index in [-0.39, 0.29) is 12.0 Å². The Balaban J connectivity index is 2.41. The Morgan fingerprint density at radius 2 is 2.44 bits per heavy atom. The summed E-state index contributed by atoms with van der Waals surface area (Å²) in [6.45, 7) is 0. The molecule has 1 N–H and O–H groups in total. The van der Waals surface area contributed by atoms with Gasteiger partial charge < -0.3 is 5.11 Å². The minimum absolute atomic E-state index is 0.122. The van der Waals surface area contributed by atoms with Crippen LogP contribution in [0.3, 0.4) is 0 Å². The van der Waals surface area contributed by atoms with Crippen molar-refractivity contribution in [1.29, 1.82) is 5.26 Å². The summed E-state index contributed by atoms with van der Waals surface area (Å²) in [6, 6.07) is 2.08. The van der Waals surface area contributed by atoms with E-state index in [0.29, 0.717) is 0 Å². The van der Waals surface area contributed by atoms with E-state index in [4.69, 9.17) is 10.4 Å². The summed E-state index contributed by atoms with van der Waals surface area (Å²) in [5.74, 6) is 1.68. The molecule has 2 atom stereocenters. The number of aliphatic hydroxyl groups excluding tert-OH is 1. The predicted octanol–water partition coefficient (Wildman–Crippen LogP) is 0.624. The van der Waals surface area contributed by atoms with Gasteiger partial charge in [-0.1, -0.05) is 0 Å². The zero-order valence-corrected chi connectivity index (χ0v) is 5.90. The summed E-state index contributed by atoms with van der Waals surface area (Å²) in [4.78, 5) is 0. The molecule has 0 spiro atoms. The van der Waals surface area contributed by atoms with Crippen LogP contribution in [0.5, 0.6) is 0 Å². The zero-order chi connectivity index (χ0) is 6.69.